The number of rotatable bonds is 2. The minimum atomic E-state index is 0.323. The smallest absolute Gasteiger partial charge is 0.204 e. The molecular weight excluding hydrogens is 200 g/mol. The molecule has 0 aliphatic rings. The highest BCUT2D eigenvalue weighted by Crippen LogP contribution is 2.37. The first-order chi connectivity index (χ1) is 7.86. The van der Waals surface area contributed by atoms with Crippen LogP contribution >= 0.6 is 0 Å². The second-order valence-electron chi connectivity index (χ2n) is 3.25. The van der Waals surface area contributed by atoms with Crippen molar-refractivity contribution in [2.75, 3.05) is 0 Å². The van der Waals surface area contributed by atoms with Crippen molar-refractivity contribution in [2.24, 2.45) is 5.11 Å². The van der Waals surface area contributed by atoms with E-state index in [-0.39, 0.29) is 0 Å². The predicted octanol–water partition coefficient (Wildman–Crippen LogP) is 4.50. The zero-order valence-electron chi connectivity index (χ0n) is 8.46. The van der Waals surface area contributed by atoms with Gasteiger partial charge in [0.1, 0.15) is 0 Å². The molecule has 0 heterocycles. The Morgan fingerprint density at radius 2 is 1.75 bits per heavy atom. The Morgan fingerprint density at radius 3 is 2.38 bits per heavy atom. The molecule has 2 rings (SSSR count). The Balaban J connectivity index is 2.67. The molecular formula is C12H9N4+. The standard InChI is InChI=1S/C12H9N4/c13-15-11-8-4-7-10(12(11)16-14)9-5-2-1-3-6-9/h1-8,13H/q+1. The minimum absolute atomic E-state index is 0.323. The van der Waals surface area contributed by atoms with Crippen LogP contribution in [-0.4, -0.2) is 0 Å². The molecule has 0 spiro atoms. The van der Waals surface area contributed by atoms with E-state index in [0.29, 0.717) is 11.4 Å². The highest BCUT2D eigenvalue weighted by molar-refractivity contribution is 5.85. The molecule has 0 fully saturated rings. The summed E-state index contributed by atoms with van der Waals surface area (Å²) in [6.45, 7) is 0. The Kier molecular flexibility index (Phi) is 2.70. The first-order valence-corrected chi connectivity index (χ1v) is 4.78. The van der Waals surface area contributed by atoms with Crippen molar-refractivity contribution in [2.45, 2.75) is 0 Å². The van der Waals surface area contributed by atoms with Gasteiger partial charge in [0.2, 0.25) is 5.39 Å². The van der Waals surface area contributed by atoms with Crippen LogP contribution in [0.25, 0.3) is 16.1 Å². The monoisotopic (exact) mass is 209 g/mol. The quantitative estimate of drug-likeness (QED) is 0.574. The molecule has 0 aliphatic carbocycles. The molecule has 0 unspecified atom stereocenters. The highest BCUT2D eigenvalue weighted by Gasteiger charge is 2.20. The molecule has 0 saturated carbocycles. The van der Waals surface area contributed by atoms with Gasteiger partial charge in [0, 0.05) is 0 Å². The lowest BCUT2D eigenvalue weighted by molar-refractivity contribution is 1.15. The molecule has 0 amide bonds. The van der Waals surface area contributed by atoms with Crippen molar-refractivity contribution in [1.29, 1.82) is 10.9 Å². The van der Waals surface area contributed by atoms with Crippen molar-refractivity contribution in [3.05, 3.63) is 53.5 Å². The van der Waals surface area contributed by atoms with Crippen molar-refractivity contribution in [3.63, 3.8) is 0 Å². The van der Waals surface area contributed by atoms with Crippen LogP contribution in [0.15, 0.2) is 53.6 Å². The zero-order valence-corrected chi connectivity index (χ0v) is 8.46. The van der Waals surface area contributed by atoms with E-state index in [1.165, 1.54) is 0 Å². The van der Waals surface area contributed by atoms with Crippen molar-refractivity contribution in [1.82, 2.24) is 0 Å². The molecule has 4 heteroatoms. The summed E-state index contributed by atoms with van der Waals surface area (Å²) in [5.41, 5.74) is 9.37. The Bertz CT molecular complexity index is 555. The minimum Gasteiger partial charge on any atom is -0.204 e. The third-order valence-electron chi connectivity index (χ3n) is 2.32. The van der Waals surface area contributed by atoms with E-state index < -0.39 is 0 Å². The van der Waals surface area contributed by atoms with Crippen LogP contribution in [0, 0.1) is 10.9 Å². The van der Waals surface area contributed by atoms with E-state index in [9.17, 15) is 0 Å². The van der Waals surface area contributed by atoms with Crippen LogP contribution in [0.3, 0.4) is 0 Å². The molecule has 0 atom stereocenters. The molecule has 0 aliphatic heterocycles. The molecule has 76 valence electrons. The fourth-order valence-corrected chi connectivity index (χ4v) is 1.58. The lowest BCUT2D eigenvalue weighted by atomic mass is 10.0. The second-order valence-corrected chi connectivity index (χ2v) is 3.25. The molecule has 16 heavy (non-hydrogen) atoms. The highest BCUT2D eigenvalue weighted by atomic mass is 15.0. The molecule has 2 aromatic carbocycles. The van der Waals surface area contributed by atoms with Crippen LogP contribution in [-0.2, 0) is 0 Å². The van der Waals surface area contributed by atoms with E-state index in [1.807, 2.05) is 36.4 Å². The van der Waals surface area contributed by atoms with E-state index >= 15 is 0 Å². The van der Waals surface area contributed by atoms with Gasteiger partial charge in [0.25, 0.3) is 0 Å². The maximum atomic E-state index is 8.97. The lowest BCUT2D eigenvalue weighted by Crippen LogP contribution is -1.77. The maximum Gasteiger partial charge on any atom is 0.419 e. The first kappa shape index (κ1) is 9.99. The van der Waals surface area contributed by atoms with Gasteiger partial charge in [-0.2, -0.15) is 5.11 Å². The van der Waals surface area contributed by atoms with E-state index in [2.05, 4.69) is 10.1 Å². The van der Waals surface area contributed by atoms with E-state index in [1.54, 1.807) is 12.1 Å². The SMILES string of the molecule is N#[N+]c1c(N=N)cccc1-c1ccccc1. The molecule has 4 nitrogen and oxygen atoms in total. The summed E-state index contributed by atoms with van der Waals surface area (Å²) in [6, 6.07) is 14.8. The van der Waals surface area contributed by atoms with Gasteiger partial charge in [-0.15, -0.1) is 0 Å². The zero-order chi connectivity index (χ0) is 11.4. The predicted molar refractivity (Wildman–Crippen MR) is 61.4 cm³/mol. The summed E-state index contributed by atoms with van der Waals surface area (Å²) in [7, 11) is 0. The van der Waals surface area contributed by atoms with Crippen molar-refractivity contribution < 1.29 is 0 Å². The number of hydrogen-bond donors (Lipinski definition) is 1. The number of benzene rings is 2. The number of nitrogens with zero attached hydrogens (tertiary/aromatic N) is 3. The molecule has 0 saturated heterocycles. The van der Waals surface area contributed by atoms with Crippen LogP contribution in [0.2, 0.25) is 0 Å². The second kappa shape index (κ2) is 4.32. The maximum absolute atomic E-state index is 8.97. The first-order valence-electron chi connectivity index (χ1n) is 4.78. The molecule has 1 N–H and O–H groups in total. The molecule has 2 aromatic rings. The van der Waals surface area contributed by atoms with E-state index in [0.717, 1.165) is 11.1 Å². The van der Waals surface area contributed by atoms with Crippen LogP contribution in [0.4, 0.5) is 11.4 Å². The third kappa shape index (κ3) is 1.66. The van der Waals surface area contributed by atoms with Crippen molar-refractivity contribution in [3.8, 4) is 11.1 Å². The Morgan fingerprint density at radius 1 is 1.00 bits per heavy atom. The number of nitrogens with one attached hydrogen (secondary N) is 1. The van der Waals surface area contributed by atoms with Crippen LogP contribution in [0.1, 0.15) is 0 Å². The van der Waals surface area contributed by atoms with Gasteiger partial charge in [0.05, 0.1) is 5.56 Å². The van der Waals surface area contributed by atoms with Gasteiger partial charge in [-0.3, -0.25) is 0 Å². The molecule has 0 radical (unpaired) electrons. The molecule has 0 bridgehead atoms. The van der Waals surface area contributed by atoms with Crippen molar-refractivity contribution >= 4 is 11.4 Å². The van der Waals surface area contributed by atoms with Crippen LogP contribution < -0.4 is 0 Å². The summed E-state index contributed by atoms with van der Waals surface area (Å²) in [5.74, 6) is 0. The average molecular weight is 209 g/mol. The van der Waals surface area contributed by atoms with Gasteiger partial charge in [-0.05, 0) is 17.7 Å². The fraction of sp³-hybridized carbons (Fsp3) is 0. The lowest BCUT2D eigenvalue weighted by Gasteiger charge is -1.98. The summed E-state index contributed by atoms with van der Waals surface area (Å²) >= 11 is 0. The average Bonchev–Trinajstić information content (AvgIpc) is 2.38. The van der Waals surface area contributed by atoms with Gasteiger partial charge in [-0.1, -0.05) is 36.4 Å². The largest absolute Gasteiger partial charge is 0.419 e. The van der Waals surface area contributed by atoms with Crippen LogP contribution in [0.5, 0.6) is 0 Å². The van der Waals surface area contributed by atoms with Gasteiger partial charge >= 0.3 is 5.69 Å². The number of hydrogen-bond acceptors (Lipinski definition) is 3. The van der Waals surface area contributed by atoms with Gasteiger partial charge in [-0.25, -0.2) is 5.53 Å². The third-order valence-corrected chi connectivity index (χ3v) is 2.32. The summed E-state index contributed by atoms with van der Waals surface area (Å²) in [5, 5.41) is 12.3. The summed E-state index contributed by atoms with van der Waals surface area (Å²) in [6.07, 6.45) is 0. The molecule has 0 aromatic heterocycles. The topological polar surface area (TPSA) is 64.4 Å². The summed E-state index contributed by atoms with van der Waals surface area (Å²) in [4.78, 5) is 3.20. The normalized spacial score (nSPS) is 9.44. The fourth-order valence-electron chi connectivity index (χ4n) is 1.58. The van der Waals surface area contributed by atoms with Gasteiger partial charge in [0.15, 0.2) is 10.7 Å². The summed E-state index contributed by atoms with van der Waals surface area (Å²) < 4.78 is 0. The number of diazo groups is 1. The van der Waals surface area contributed by atoms with Gasteiger partial charge < -0.3 is 0 Å². The van der Waals surface area contributed by atoms with E-state index in [4.69, 9.17) is 10.9 Å². The Labute approximate surface area is 92.7 Å². The Hall–Kier alpha value is -2.54.